The van der Waals surface area contributed by atoms with Crippen LogP contribution in [0.2, 0.25) is 0 Å². The minimum atomic E-state index is -2.75. The van der Waals surface area contributed by atoms with E-state index in [0.717, 1.165) is 0 Å². The van der Waals surface area contributed by atoms with Gasteiger partial charge in [0.25, 0.3) is 6.43 Å². The summed E-state index contributed by atoms with van der Waals surface area (Å²) in [6, 6.07) is 8.72. The quantitative estimate of drug-likeness (QED) is 0.671. The molecule has 92 valence electrons. The van der Waals surface area contributed by atoms with Gasteiger partial charge in [-0.25, -0.2) is 8.78 Å². The monoisotopic (exact) mass is 248 g/mol. The number of nitrogen functional groups attached to an aromatic ring is 1. The van der Waals surface area contributed by atoms with Crippen LogP contribution in [0.5, 0.6) is 0 Å². The van der Waals surface area contributed by atoms with Gasteiger partial charge in [-0.2, -0.15) is 0 Å². The zero-order chi connectivity index (χ0) is 13.1. The van der Waals surface area contributed by atoms with Gasteiger partial charge in [-0.1, -0.05) is 18.2 Å². The van der Waals surface area contributed by atoms with Crippen LogP contribution in [0, 0.1) is 0 Å². The van der Waals surface area contributed by atoms with Gasteiger partial charge in [0.2, 0.25) is 5.78 Å². The molecule has 0 amide bonds. The molecule has 18 heavy (non-hydrogen) atoms. The maximum atomic E-state index is 12.9. The first-order valence-corrected chi connectivity index (χ1v) is 5.23. The molecule has 0 spiro atoms. The average Bonchev–Trinajstić information content (AvgIpc) is 2.38. The summed E-state index contributed by atoms with van der Waals surface area (Å²) in [6.45, 7) is 0. The number of pyridine rings is 1. The first kappa shape index (κ1) is 12.2. The van der Waals surface area contributed by atoms with Crippen LogP contribution in [0.15, 0.2) is 42.6 Å². The van der Waals surface area contributed by atoms with Crippen LogP contribution >= 0.6 is 0 Å². The van der Waals surface area contributed by atoms with Crippen LogP contribution in [0.4, 0.5) is 14.5 Å². The Labute approximate surface area is 102 Å². The third-order valence-electron chi connectivity index (χ3n) is 2.49. The third kappa shape index (κ3) is 2.20. The molecule has 0 radical (unpaired) electrons. The summed E-state index contributed by atoms with van der Waals surface area (Å²) >= 11 is 0. The fraction of sp³-hybridized carbons (Fsp3) is 0.0769. The lowest BCUT2D eigenvalue weighted by Gasteiger charge is -2.10. The van der Waals surface area contributed by atoms with Crippen molar-refractivity contribution >= 4 is 11.5 Å². The average molecular weight is 248 g/mol. The third-order valence-corrected chi connectivity index (χ3v) is 2.49. The number of hydrogen-bond donors (Lipinski definition) is 1. The molecular weight excluding hydrogens is 238 g/mol. The van der Waals surface area contributed by atoms with E-state index in [2.05, 4.69) is 4.98 Å². The van der Waals surface area contributed by atoms with E-state index in [0.29, 0.717) is 0 Å². The van der Waals surface area contributed by atoms with Crippen molar-refractivity contribution in [1.29, 1.82) is 0 Å². The Morgan fingerprint density at radius 1 is 1.17 bits per heavy atom. The number of rotatable bonds is 3. The highest BCUT2D eigenvalue weighted by atomic mass is 19.3. The number of ketones is 1. The Balaban J connectivity index is 2.54. The highest BCUT2D eigenvalue weighted by molar-refractivity contribution is 6.12. The normalized spacial score (nSPS) is 10.6. The number of nitrogens with two attached hydrogens (primary N) is 1. The van der Waals surface area contributed by atoms with Crippen molar-refractivity contribution in [2.45, 2.75) is 6.43 Å². The Bertz CT molecular complexity index is 570. The van der Waals surface area contributed by atoms with Crippen LogP contribution < -0.4 is 5.73 Å². The van der Waals surface area contributed by atoms with Gasteiger partial charge in [0.15, 0.2) is 0 Å². The SMILES string of the molecule is Nc1cccc(C(F)F)c1C(=O)c1ccccn1. The molecule has 1 heterocycles. The number of halogens is 2. The summed E-state index contributed by atoms with van der Waals surface area (Å²) in [5.41, 5.74) is 5.20. The number of aromatic nitrogens is 1. The molecule has 0 saturated heterocycles. The van der Waals surface area contributed by atoms with Crippen molar-refractivity contribution in [2.24, 2.45) is 0 Å². The molecular formula is C13H10F2N2O. The lowest BCUT2D eigenvalue weighted by molar-refractivity contribution is 0.102. The van der Waals surface area contributed by atoms with Crippen LogP contribution in [-0.2, 0) is 0 Å². The van der Waals surface area contributed by atoms with E-state index >= 15 is 0 Å². The second kappa shape index (κ2) is 4.91. The van der Waals surface area contributed by atoms with E-state index in [9.17, 15) is 13.6 Å². The predicted octanol–water partition coefficient (Wildman–Crippen LogP) is 2.83. The molecule has 0 aliphatic heterocycles. The second-order valence-corrected chi connectivity index (χ2v) is 3.66. The van der Waals surface area contributed by atoms with Gasteiger partial charge in [-0.3, -0.25) is 9.78 Å². The lowest BCUT2D eigenvalue weighted by Crippen LogP contribution is -2.10. The van der Waals surface area contributed by atoms with Crippen molar-refractivity contribution in [3.05, 3.63) is 59.4 Å². The topological polar surface area (TPSA) is 56.0 Å². The smallest absolute Gasteiger partial charge is 0.264 e. The highest BCUT2D eigenvalue weighted by Gasteiger charge is 2.22. The summed E-state index contributed by atoms with van der Waals surface area (Å²) in [5, 5.41) is 0. The summed E-state index contributed by atoms with van der Waals surface area (Å²) in [7, 11) is 0. The van der Waals surface area contributed by atoms with Gasteiger partial charge in [0, 0.05) is 17.4 Å². The number of carbonyl (C=O) groups is 1. The summed E-state index contributed by atoms with van der Waals surface area (Å²) in [6.07, 6.45) is -1.33. The molecule has 0 aliphatic rings. The molecule has 0 aliphatic carbocycles. The number of alkyl halides is 2. The van der Waals surface area contributed by atoms with Gasteiger partial charge < -0.3 is 5.73 Å². The van der Waals surface area contributed by atoms with Crippen LogP contribution in [0.25, 0.3) is 0 Å². The summed E-state index contributed by atoms with van der Waals surface area (Å²) < 4.78 is 25.7. The first-order valence-electron chi connectivity index (χ1n) is 5.23. The Hall–Kier alpha value is -2.30. The highest BCUT2D eigenvalue weighted by Crippen LogP contribution is 2.28. The zero-order valence-corrected chi connectivity index (χ0v) is 9.31. The fourth-order valence-corrected chi connectivity index (χ4v) is 1.66. The van der Waals surface area contributed by atoms with E-state index in [1.807, 2.05) is 0 Å². The maximum Gasteiger partial charge on any atom is 0.264 e. The number of nitrogens with zero attached hydrogens (tertiary/aromatic N) is 1. The standard InChI is InChI=1S/C13H10F2N2O/c14-13(15)8-4-3-5-9(16)11(8)12(18)10-6-1-2-7-17-10/h1-7,13H,16H2. The van der Waals surface area contributed by atoms with Crippen LogP contribution in [0.1, 0.15) is 28.0 Å². The molecule has 0 fully saturated rings. The second-order valence-electron chi connectivity index (χ2n) is 3.66. The molecule has 5 heteroatoms. The van der Waals surface area contributed by atoms with E-state index in [1.165, 1.54) is 30.5 Å². The molecule has 1 aromatic heterocycles. The van der Waals surface area contributed by atoms with Crippen molar-refractivity contribution in [3.63, 3.8) is 0 Å². The maximum absolute atomic E-state index is 12.9. The Kier molecular flexibility index (Phi) is 3.32. The van der Waals surface area contributed by atoms with Gasteiger partial charge in [0.05, 0.1) is 5.56 Å². The molecule has 0 atom stereocenters. The molecule has 0 saturated carbocycles. The predicted molar refractivity (Wildman–Crippen MR) is 63.5 cm³/mol. The van der Waals surface area contributed by atoms with E-state index < -0.39 is 12.2 Å². The molecule has 2 N–H and O–H groups in total. The van der Waals surface area contributed by atoms with E-state index in [4.69, 9.17) is 5.73 Å². The van der Waals surface area contributed by atoms with Gasteiger partial charge in [-0.05, 0) is 18.2 Å². The Morgan fingerprint density at radius 2 is 1.94 bits per heavy atom. The van der Waals surface area contributed by atoms with Crippen molar-refractivity contribution < 1.29 is 13.6 Å². The minimum Gasteiger partial charge on any atom is -0.398 e. The molecule has 0 unspecified atom stereocenters. The lowest BCUT2D eigenvalue weighted by atomic mass is 9.99. The molecule has 0 bridgehead atoms. The van der Waals surface area contributed by atoms with Gasteiger partial charge in [-0.15, -0.1) is 0 Å². The molecule has 2 aromatic rings. The molecule has 3 nitrogen and oxygen atoms in total. The minimum absolute atomic E-state index is 0.0310. The number of benzene rings is 1. The summed E-state index contributed by atoms with van der Waals surface area (Å²) in [5.74, 6) is -0.594. The van der Waals surface area contributed by atoms with Gasteiger partial charge >= 0.3 is 0 Å². The Morgan fingerprint density at radius 3 is 2.56 bits per heavy atom. The zero-order valence-electron chi connectivity index (χ0n) is 9.31. The molecule has 1 aromatic carbocycles. The van der Waals surface area contributed by atoms with Crippen molar-refractivity contribution in [1.82, 2.24) is 4.98 Å². The van der Waals surface area contributed by atoms with Crippen LogP contribution in [0.3, 0.4) is 0 Å². The fourth-order valence-electron chi connectivity index (χ4n) is 1.66. The van der Waals surface area contributed by atoms with Crippen molar-refractivity contribution in [2.75, 3.05) is 5.73 Å². The van der Waals surface area contributed by atoms with Crippen molar-refractivity contribution in [3.8, 4) is 0 Å². The number of carbonyl (C=O) groups excluding carboxylic acids is 1. The number of hydrogen-bond acceptors (Lipinski definition) is 3. The largest absolute Gasteiger partial charge is 0.398 e. The molecule has 2 rings (SSSR count). The van der Waals surface area contributed by atoms with Crippen LogP contribution in [-0.4, -0.2) is 10.8 Å². The first-order chi connectivity index (χ1) is 8.61. The van der Waals surface area contributed by atoms with E-state index in [-0.39, 0.29) is 22.5 Å². The van der Waals surface area contributed by atoms with E-state index in [1.54, 1.807) is 12.1 Å². The summed E-state index contributed by atoms with van der Waals surface area (Å²) in [4.78, 5) is 16.0. The number of anilines is 1. The van der Waals surface area contributed by atoms with Gasteiger partial charge in [0.1, 0.15) is 5.69 Å².